The van der Waals surface area contributed by atoms with Crippen molar-refractivity contribution in [3.05, 3.63) is 21.3 Å². The van der Waals surface area contributed by atoms with E-state index in [9.17, 15) is 0 Å². The maximum absolute atomic E-state index is 6.23. The molecule has 1 aliphatic rings. The quantitative estimate of drug-likeness (QED) is 0.658. The number of nitrogens with two attached hydrogens (primary N) is 1. The Morgan fingerprint density at radius 1 is 1.50 bits per heavy atom. The second kappa shape index (κ2) is 5.86. The van der Waals surface area contributed by atoms with Gasteiger partial charge in [-0.25, -0.2) is 0 Å². The van der Waals surface area contributed by atoms with Gasteiger partial charge in [0.05, 0.1) is 24.3 Å². The van der Waals surface area contributed by atoms with Gasteiger partial charge in [-0.05, 0) is 25.3 Å². The summed E-state index contributed by atoms with van der Waals surface area (Å²) >= 11 is 7.87. The van der Waals surface area contributed by atoms with Crippen LogP contribution in [0.25, 0.3) is 0 Å². The molecule has 2 rings (SSSR count). The molecule has 0 aliphatic carbocycles. The molecule has 0 radical (unpaired) electrons. The molecule has 1 unspecified atom stereocenters. The molecule has 0 bridgehead atoms. The number of nitrogens with one attached hydrogen (secondary N) is 1. The van der Waals surface area contributed by atoms with Gasteiger partial charge >= 0.3 is 0 Å². The molecule has 1 fully saturated rings. The van der Waals surface area contributed by atoms with Crippen LogP contribution in [0.2, 0.25) is 5.02 Å². The van der Waals surface area contributed by atoms with E-state index in [0.717, 1.165) is 36.2 Å². The van der Waals surface area contributed by atoms with Gasteiger partial charge in [-0.1, -0.05) is 11.6 Å². The Labute approximate surface area is 117 Å². The van der Waals surface area contributed by atoms with Crippen LogP contribution in [-0.2, 0) is 4.74 Å². The van der Waals surface area contributed by atoms with Crippen molar-refractivity contribution in [1.29, 1.82) is 0 Å². The molecule has 4 nitrogen and oxygen atoms in total. The molecular formula is C12H20ClN3OS. The molecule has 0 saturated carbocycles. The van der Waals surface area contributed by atoms with Crippen LogP contribution in [0, 0.1) is 0 Å². The first-order valence-corrected chi connectivity index (χ1v) is 7.35. The zero-order valence-corrected chi connectivity index (χ0v) is 12.4. The minimum absolute atomic E-state index is 0.0168. The van der Waals surface area contributed by atoms with Crippen molar-refractivity contribution in [3.8, 4) is 0 Å². The summed E-state index contributed by atoms with van der Waals surface area (Å²) in [6, 6.07) is 1.93. The van der Waals surface area contributed by atoms with Crippen molar-refractivity contribution in [2.45, 2.75) is 25.4 Å². The number of halogens is 1. The first-order chi connectivity index (χ1) is 8.57. The van der Waals surface area contributed by atoms with Gasteiger partial charge in [0.25, 0.3) is 0 Å². The third kappa shape index (κ3) is 2.71. The van der Waals surface area contributed by atoms with E-state index >= 15 is 0 Å². The lowest BCUT2D eigenvalue weighted by molar-refractivity contribution is -0.0234. The predicted molar refractivity (Wildman–Crippen MR) is 75.9 cm³/mol. The van der Waals surface area contributed by atoms with E-state index in [0.29, 0.717) is 0 Å². The highest BCUT2D eigenvalue weighted by Crippen LogP contribution is 2.37. The van der Waals surface area contributed by atoms with Crippen LogP contribution >= 0.6 is 22.9 Å². The average molecular weight is 290 g/mol. The zero-order chi connectivity index (χ0) is 13.2. The lowest BCUT2D eigenvalue weighted by atomic mass is 9.91. The van der Waals surface area contributed by atoms with Crippen molar-refractivity contribution in [1.82, 2.24) is 10.3 Å². The van der Waals surface area contributed by atoms with Crippen molar-refractivity contribution in [2.24, 2.45) is 5.84 Å². The number of thiophene rings is 1. The highest BCUT2D eigenvalue weighted by molar-refractivity contribution is 7.10. The van der Waals surface area contributed by atoms with E-state index in [2.05, 4.69) is 24.2 Å². The summed E-state index contributed by atoms with van der Waals surface area (Å²) in [6.45, 7) is 7.79. The van der Waals surface area contributed by atoms with Gasteiger partial charge in [0.1, 0.15) is 0 Å². The summed E-state index contributed by atoms with van der Waals surface area (Å²) in [6.07, 6.45) is 0. The fraction of sp³-hybridized carbons (Fsp3) is 0.667. The molecule has 102 valence electrons. The van der Waals surface area contributed by atoms with Gasteiger partial charge < -0.3 is 4.74 Å². The molecule has 1 atom stereocenters. The van der Waals surface area contributed by atoms with Crippen LogP contribution < -0.4 is 11.3 Å². The predicted octanol–water partition coefficient (Wildman–Crippen LogP) is 2.02. The maximum atomic E-state index is 6.23. The van der Waals surface area contributed by atoms with E-state index in [4.69, 9.17) is 22.2 Å². The summed E-state index contributed by atoms with van der Waals surface area (Å²) in [7, 11) is 0. The van der Waals surface area contributed by atoms with Crippen molar-refractivity contribution in [2.75, 3.05) is 26.3 Å². The average Bonchev–Trinajstić information content (AvgIpc) is 2.78. The normalized spacial score (nSPS) is 20.0. The molecule has 2 heterocycles. The van der Waals surface area contributed by atoms with Crippen LogP contribution in [0.4, 0.5) is 0 Å². The standard InChI is InChI=1S/C12H20ClN3OS/c1-12(2,16-4-6-17-7-5-16)11(15-14)10-9(13)3-8-18-10/h3,8,11,15H,4-7,14H2,1-2H3. The molecule has 1 aliphatic heterocycles. The highest BCUT2D eigenvalue weighted by Gasteiger charge is 2.38. The maximum Gasteiger partial charge on any atom is 0.0746 e. The Bertz CT molecular complexity index is 390. The Hall–Kier alpha value is -0.170. The molecule has 1 aromatic rings. The third-order valence-corrected chi connectivity index (χ3v) is 5.03. The summed E-state index contributed by atoms with van der Waals surface area (Å²) < 4.78 is 5.41. The second-order valence-electron chi connectivity index (χ2n) is 4.99. The first-order valence-electron chi connectivity index (χ1n) is 6.09. The number of ether oxygens (including phenoxy) is 1. The molecule has 3 N–H and O–H groups in total. The molecule has 0 aromatic carbocycles. The Kier molecular flexibility index (Phi) is 4.64. The van der Waals surface area contributed by atoms with Gasteiger partial charge in [0, 0.05) is 23.5 Å². The van der Waals surface area contributed by atoms with Crippen molar-refractivity contribution >= 4 is 22.9 Å². The van der Waals surface area contributed by atoms with Crippen molar-refractivity contribution < 1.29 is 4.74 Å². The molecule has 0 spiro atoms. The Balaban J connectivity index is 2.22. The van der Waals surface area contributed by atoms with Crippen molar-refractivity contribution in [3.63, 3.8) is 0 Å². The lowest BCUT2D eigenvalue weighted by Gasteiger charge is -2.45. The highest BCUT2D eigenvalue weighted by atomic mass is 35.5. The summed E-state index contributed by atoms with van der Waals surface area (Å²) in [5.41, 5.74) is 2.82. The first kappa shape index (κ1) is 14.2. The number of hydrazine groups is 1. The van der Waals surface area contributed by atoms with Gasteiger partial charge in [0.2, 0.25) is 0 Å². The van der Waals surface area contributed by atoms with E-state index < -0.39 is 0 Å². The van der Waals surface area contributed by atoms with E-state index in [1.54, 1.807) is 11.3 Å². The number of rotatable bonds is 4. The zero-order valence-electron chi connectivity index (χ0n) is 10.8. The number of nitrogens with zero attached hydrogens (tertiary/aromatic N) is 1. The number of hydrogen-bond acceptors (Lipinski definition) is 5. The van der Waals surface area contributed by atoms with Gasteiger partial charge in [0.15, 0.2) is 0 Å². The van der Waals surface area contributed by atoms with Crippen LogP contribution in [0.3, 0.4) is 0 Å². The van der Waals surface area contributed by atoms with Crippen LogP contribution in [-0.4, -0.2) is 36.7 Å². The second-order valence-corrected chi connectivity index (χ2v) is 6.34. The minimum atomic E-state index is -0.104. The Morgan fingerprint density at radius 2 is 2.17 bits per heavy atom. The molecule has 1 aromatic heterocycles. The monoisotopic (exact) mass is 289 g/mol. The molecule has 1 saturated heterocycles. The van der Waals surface area contributed by atoms with E-state index in [1.807, 2.05) is 11.4 Å². The van der Waals surface area contributed by atoms with Gasteiger partial charge in [-0.2, -0.15) is 0 Å². The topological polar surface area (TPSA) is 50.5 Å². The minimum Gasteiger partial charge on any atom is -0.379 e. The fourth-order valence-electron chi connectivity index (χ4n) is 2.43. The van der Waals surface area contributed by atoms with Crippen LogP contribution in [0.1, 0.15) is 24.8 Å². The third-order valence-electron chi connectivity index (χ3n) is 3.61. The fourth-order valence-corrected chi connectivity index (χ4v) is 3.84. The lowest BCUT2D eigenvalue weighted by Crippen LogP contribution is -2.57. The van der Waals surface area contributed by atoms with E-state index in [1.165, 1.54) is 0 Å². The van der Waals surface area contributed by atoms with E-state index in [-0.39, 0.29) is 11.6 Å². The molecule has 0 amide bonds. The summed E-state index contributed by atoms with van der Waals surface area (Å²) in [5, 5.41) is 2.78. The summed E-state index contributed by atoms with van der Waals surface area (Å²) in [5.74, 6) is 5.77. The SMILES string of the molecule is CC(C)(C(NN)c1sccc1Cl)N1CCOCC1. The molecule has 6 heteroatoms. The van der Waals surface area contributed by atoms with Crippen LogP contribution in [0.15, 0.2) is 11.4 Å². The smallest absolute Gasteiger partial charge is 0.0746 e. The summed E-state index contributed by atoms with van der Waals surface area (Å²) in [4.78, 5) is 3.49. The molecular weight excluding hydrogens is 270 g/mol. The number of hydrogen-bond donors (Lipinski definition) is 2. The largest absolute Gasteiger partial charge is 0.379 e. The Morgan fingerprint density at radius 3 is 2.67 bits per heavy atom. The van der Waals surface area contributed by atoms with Gasteiger partial charge in [-0.3, -0.25) is 16.2 Å². The molecule has 18 heavy (non-hydrogen) atoms. The van der Waals surface area contributed by atoms with Gasteiger partial charge in [-0.15, -0.1) is 11.3 Å². The number of morpholine rings is 1. The van der Waals surface area contributed by atoms with Crippen LogP contribution in [0.5, 0.6) is 0 Å².